The SMILES string of the molecule is CCCCCC/C=C1\CC2=C(C\C1=C/[Si](C)(C)C)[C@@H](CCCCCC)[C@H]1C(=O)c3ccccc3C(=O)[C@H]1[C@H]2[Si](C)(C)C. The Balaban J connectivity index is 1.87. The average Bonchev–Trinajstić information content (AvgIpc) is 2.92. The molecule has 0 unspecified atom stereocenters. The molecule has 1 aromatic carbocycles. The molecule has 0 saturated heterocycles. The molecule has 0 amide bonds. The largest absolute Gasteiger partial charge is 0.294 e. The normalized spacial score (nSPS) is 26.5. The van der Waals surface area contributed by atoms with Crippen LogP contribution < -0.4 is 0 Å². The predicted octanol–water partition coefficient (Wildman–Crippen LogP) is 11.4. The van der Waals surface area contributed by atoms with Gasteiger partial charge in [0.2, 0.25) is 0 Å². The minimum Gasteiger partial charge on any atom is -0.294 e. The number of benzene rings is 1. The summed E-state index contributed by atoms with van der Waals surface area (Å²) in [6.45, 7) is 19.2. The number of fused-ring (bicyclic) bond motifs is 2. The van der Waals surface area contributed by atoms with Crippen LogP contribution in [0.3, 0.4) is 0 Å². The summed E-state index contributed by atoms with van der Waals surface area (Å²) in [4.78, 5) is 28.9. The maximum Gasteiger partial charge on any atom is 0.168 e. The van der Waals surface area contributed by atoms with Crippen LogP contribution in [-0.4, -0.2) is 27.7 Å². The van der Waals surface area contributed by atoms with Crippen LogP contribution in [0.4, 0.5) is 0 Å². The molecule has 0 bridgehead atoms. The van der Waals surface area contributed by atoms with Crippen LogP contribution in [0, 0.1) is 17.8 Å². The molecule has 0 heterocycles. The van der Waals surface area contributed by atoms with Crippen molar-refractivity contribution >= 4 is 27.7 Å². The molecule has 0 aliphatic heterocycles. The molecule has 230 valence electrons. The van der Waals surface area contributed by atoms with Crippen molar-refractivity contribution < 1.29 is 9.59 Å². The number of rotatable bonds is 12. The van der Waals surface area contributed by atoms with Crippen LogP contribution in [0.15, 0.2) is 58.3 Å². The Morgan fingerprint density at radius 3 is 1.86 bits per heavy atom. The van der Waals surface area contributed by atoms with Gasteiger partial charge >= 0.3 is 0 Å². The summed E-state index contributed by atoms with van der Waals surface area (Å²) < 4.78 is 0. The second-order valence-electron chi connectivity index (χ2n) is 15.6. The minimum absolute atomic E-state index is 0.190. The zero-order valence-electron chi connectivity index (χ0n) is 28.1. The summed E-state index contributed by atoms with van der Waals surface area (Å²) in [6.07, 6.45) is 16.7. The van der Waals surface area contributed by atoms with Gasteiger partial charge in [-0.05, 0) is 54.7 Å². The maximum atomic E-state index is 14.5. The van der Waals surface area contributed by atoms with Crippen molar-refractivity contribution in [2.24, 2.45) is 17.8 Å². The van der Waals surface area contributed by atoms with E-state index < -0.39 is 16.1 Å². The number of carbonyl (C=O) groups excluding carboxylic acids is 2. The molecule has 0 saturated carbocycles. The molecule has 3 aliphatic carbocycles. The van der Waals surface area contributed by atoms with Crippen molar-refractivity contribution in [3.63, 3.8) is 0 Å². The lowest BCUT2D eigenvalue weighted by molar-refractivity contribution is 0.0650. The van der Waals surface area contributed by atoms with E-state index in [1.165, 1.54) is 50.5 Å². The van der Waals surface area contributed by atoms with E-state index in [-0.39, 0.29) is 34.9 Å². The molecule has 1 aromatic rings. The monoisotopic (exact) mass is 602 g/mol. The van der Waals surface area contributed by atoms with Crippen LogP contribution in [0.5, 0.6) is 0 Å². The van der Waals surface area contributed by atoms with Gasteiger partial charge in [-0.15, -0.1) is 0 Å². The van der Waals surface area contributed by atoms with Crippen molar-refractivity contribution in [2.45, 2.75) is 136 Å². The van der Waals surface area contributed by atoms with Crippen LogP contribution in [0.1, 0.15) is 112 Å². The second kappa shape index (κ2) is 13.9. The number of ketones is 2. The summed E-state index contributed by atoms with van der Waals surface area (Å²) in [5.74, 6) is 0.301. The van der Waals surface area contributed by atoms with Gasteiger partial charge in [-0.25, -0.2) is 0 Å². The Morgan fingerprint density at radius 1 is 0.714 bits per heavy atom. The van der Waals surface area contributed by atoms with E-state index in [0.29, 0.717) is 11.1 Å². The lowest BCUT2D eigenvalue weighted by Gasteiger charge is -2.52. The van der Waals surface area contributed by atoms with Crippen LogP contribution >= 0.6 is 0 Å². The van der Waals surface area contributed by atoms with E-state index in [9.17, 15) is 9.59 Å². The van der Waals surface area contributed by atoms with Gasteiger partial charge in [0.05, 0.1) is 16.1 Å². The molecule has 0 radical (unpaired) electrons. The molecule has 42 heavy (non-hydrogen) atoms. The second-order valence-corrected chi connectivity index (χ2v) is 26.0. The van der Waals surface area contributed by atoms with E-state index in [1.807, 2.05) is 24.3 Å². The summed E-state index contributed by atoms with van der Waals surface area (Å²) in [7, 11) is -3.31. The third kappa shape index (κ3) is 7.29. The lowest BCUT2D eigenvalue weighted by atomic mass is 9.57. The molecule has 4 atom stereocenters. The average molecular weight is 603 g/mol. The molecule has 0 spiro atoms. The van der Waals surface area contributed by atoms with E-state index >= 15 is 0 Å². The van der Waals surface area contributed by atoms with Crippen molar-refractivity contribution in [3.8, 4) is 0 Å². The molecule has 0 N–H and O–H groups in total. The zero-order valence-corrected chi connectivity index (χ0v) is 30.1. The molecule has 0 aromatic heterocycles. The standard InChI is InChI=1S/C38H58O2Si2/c1-9-11-13-15-16-20-27-24-33-32(25-28(27)26-41(3,4)5)29(21-17-14-12-10-2)34-35(38(33)42(6,7)8)37(40)31-23-19-18-22-30(31)36(34)39/h18-20,22-23,26,29,34-35,38H,9-17,21,24-25H2,1-8H3/b27-20+,28-26+/t29-,34-,35+,38+/m1/s1. The van der Waals surface area contributed by atoms with Crippen molar-refractivity contribution in [1.29, 1.82) is 0 Å². The number of hydrogen-bond acceptors (Lipinski definition) is 2. The van der Waals surface area contributed by atoms with Crippen LogP contribution in [0.25, 0.3) is 0 Å². The Hall–Kier alpha value is -1.79. The van der Waals surface area contributed by atoms with E-state index in [1.54, 1.807) is 16.7 Å². The Labute approximate surface area is 259 Å². The number of hydrogen-bond donors (Lipinski definition) is 0. The lowest BCUT2D eigenvalue weighted by Crippen LogP contribution is -2.52. The molecule has 2 nitrogen and oxygen atoms in total. The molecule has 3 aliphatic rings. The van der Waals surface area contributed by atoms with Gasteiger partial charge in [-0.3, -0.25) is 9.59 Å². The fourth-order valence-corrected chi connectivity index (χ4v) is 12.4. The zero-order chi connectivity index (χ0) is 30.7. The first-order valence-corrected chi connectivity index (χ1v) is 24.3. The highest BCUT2D eigenvalue weighted by atomic mass is 28.3. The summed E-state index contributed by atoms with van der Waals surface area (Å²) >= 11 is 0. The quantitative estimate of drug-likeness (QED) is 0.135. The molecular weight excluding hydrogens is 545 g/mol. The fraction of sp³-hybridized carbons (Fsp3) is 0.632. The van der Waals surface area contributed by atoms with Gasteiger partial charge < -0.3 is 0 Å². The summed E-state index contributed by atoms with van der Waals surface area (Å²) in [6, 6.07) is 7.73. The molecule has 4 heteroatoms. The highest BCUT2D eigenvalue weighted by Gasteiger charge is 2.56. The third-order valence-corrected chi connectivity index (χ3v) is 13.8. The van der Waals surface area contributed by atoms with Crippen LogP contribution in [-0.2, 0) is 0 Å². The first-order valence-electron chi connectivity index (χ1n) is 17.2. The number of Topliss-reactive ketones (excluding diaryl/α,β-unsaturated/α-hetero) is 2. The van der Waals surface area contributed by atoms with Gasteiger partial charge in [0, 0.05) is 23.0 Å². The molecular formula is C38H58O2Si2. The van der Waals surface area contributed by atoms with Crippen LogP contribution in [0.2, 0.25) is 44.8 Å². The van der Waals surface area contributed by atoms with E-state index in [2.05, 4.69) is 64.9 Å². The topological polar surface area (TPSA) is 34.1 Å². The maximum absolute atomic E-state index is 14.5. The van der Waals surface area contributed by atoms with E-state index in [4.69, 9.17) is 0 Å². The number of carbonyl (C=O) groups is 2. The highest BCUT2D eigenvalue weighted by molar-refractivity contribution is 6.81. The Kier molecular flexibility index (Phi) is 10.9. The van der Waals surface area contributed by atoms with Gasteiger partial charge in [-0.1, -0.05) is 145 Å². The third-order valence-electron chi connectivity index (χ3n) is 10.0. The Morgan fingerprint density at radius 2 is 1.29 bits per heavy atom. The predicted molar refractivity (Wildman–Crippen MR) is 186 cm³/mol. The first-order chi connectivity index (χ1) is 19.9. The Bertz CT molecular complexity index is 1240. The molecule has 4 rings (SSSR count). The van der Waals surface area contributed by atoms with Crippen molar-refractivity contribution in [1.82, 2.24) is 0 Å². The summed E-state index contributed by atoms with van der Waals surface area (Å²) in [5, 5.41) is 0. The van der Waals surface area contributed by atoms with Gasteiger partial charge in [0.1, 0.15) is 0 Å². The van der Waals surface area contributed by atoms with Crippen molar-refractivity contribution in [2.75, 3.05) is 0 Å². The number of allylic oxidation sites excluding steroid dienone is 5. The summed E-state index contributed by atoms with van der Waals surface area (Å²) in [5.41, 5.74) is 10.5. The first kappa shape index (κ1) is 33.1. The fourth-order valence-electron chi connectivity index (χ4n) is 8.29. The highest BCUT2D eigenvalue weighted by Crippen LogP contribution is 2.59. The van der Waals surface area contributed by atoms with Gasteiger partial charge in [0.15, 0.2) is 11.6 Å². The minimum atomic E-state index is -1.86. The van der Waals surface area contributed by atoms with Gasteiger partial charge in [-0.2, -0.15) is 0 Å². The van der Waals surface area contributed by atoms with Gasteiger partial charge in [0.25, 0.3) is 0 Å². The number of unbranched alkanes of at least 4 members (excludes halogenated alkanes) is 7. The van der Waals surface area contributed by atoms with E-state index in [0.717, 1.165) is 32.1 Å². The smallest absolute Gasteiger partial charge is 0.168 e. The van der Waals surface area contributed by atoms with Crippen molar-refractivity contribution in [3.05, 3.63) is 69.5 Å². The molecule has 0 fully saturated rings.